The van der Waals surface area contributed by atoms with E-state index < -0.39 is 4.92 Å². The molecule has 0 aliphatic rings. The van der Waals surface area contributed by atoms with Crippen molar-refractivity contribution in [2.24, 2.45) is 0 Å². The zero-order chi connectivity index (χ0) is 10.1. The number of H-pyrrole nitrogens is 1. The molecule has 0 unspecified atom stereocenters. The predicted octanol–water partition coefficient (Wildman–Crippen LogP) is 0.831. The molecule has 0 amide bonds. The number of hydrogen-bond donors (Lipinski definition) is 1. The van der Waals surface area contributed by atoms with Crippen LogP contribution in [0, 0.1) is 10.1 Å². The first-order valence-corrected chi connectivity index (χ1v) is 3.80. The van der Waals surface area contributed by atoms with E-state index in [0.29, 0.717) is 0 Å². The molecule has 2 heterocycles. The van der Waals surface area contributed by atoms with Crippen molar-refractivity contribution in [1.82, 2.24) is 9.97 Å². The molecule has 0 spiro atoms. The van der Waals surface area contributed by atoms with Crippen molar-refractivity contribution >= 4 is 16.6 Å². The number of rotatable bonds is 1. The molecule has 0 saturated carbocycles. The van der Waals surface area contributed by atoms with Gasteiger partial charge in [-0.25, -0.2) is 0 Å². The van der Waals surface area contributed by atoms with E-state index in [1.165, 1.54) is 18.5 Å². The van der Waals surface area contributed by atoms with E-state index in [4.69, 9.17) is 0 Å². The van der Waals surface area contributed by atoms with Gasteiger partial charge in [-0.3, -0.25) is 19.9 Å². The summed E-state index contributed by atoms with van der Waals surface area (Å²) >= 11 is 0. The number of nitro groups is 1. The van der Waals surface area contributed by atoms with Gasteiger partial charge < -0.3 is 4.98 Å². The normalized spacial score (nSPS) is 10.3. The summed E-state index contributed by atoms with van der Waals surface area (Å²) in [5, 5.41) is 10.8. The SMILES string of the molecule is O=c1cc[nH]c2c([N+](=O)[O-])cncc12. The van der Waals surface area contributed by atoms with Crippen LogP contribution in [-0.4, -0.2) is 14.9 Å². The lowest BCUT2D eigenvalue weighted by molar-refractivity contribution is -0.383. The zero-order valence-electron chi connectivity index (χ0n) is 6.93. The lowest BCUT2D eigenvalue weighted by atomic mass is 10.2. The maximum absolute atomic E-state index is 11.3. The van der Waals surface area contributed by atoms with Gasteiger partial charge in [0.2, 0.25) is 0 Å². The molecule has 0 saturated heterocycles. The Balaban J connectivity index is 2.95. The third kappa shape index (κ3) is 1.13. The minimum atomic E-state index is -0.578. The van der Waals surface area contributed by atoms with E-state index in [0.717, 1.165) is 6.20 Å². The van der Waals surface area contributed by atoms with Gasteiger partial charge in [-0.15, -0.1) is 0 Å². The summed E-state index contributed by atoms with van der Waals surface area (Å²) < 4.78 is 0. The average molecular weight is 191 g/mol. The quantitative estimate of drug-likeness (QED) is 0.534. The number of aromatic amines is 1. The number of fused-ring (bicyclic) bond motifs is 1. The van der Waals surface area contributed by atoms with Crippen LogP contribution in [0.2, 0.25) is 0 Å². The fourth-order valence-corrected chi connectivity index (χ4v) is 1.22. The highest BCUT2D eigenvalue weighted by Gasteiger charge is 2.13. The monoisotopic (exact) mass is 191 g/mol. The molecule has 0 aliphatic heterocycles. The fourth-order valence-electron chi connectivity index (χ4n) is 1.22. The van der Waals surface area contributed by atoms with Gasteiger partial charge in [0.15, 0.2) is 5.43 Å². The Hall–Kier alpha value is -2.24. The molecule has 0 bridgehead atoms. The number of aromatic nitrogens is 2. The number of hydrogen-bond acceptors (Lipinski definition) is 4. The van der Waals surface area contributed by atoms with E-state index in [-0.39, 0.29) is 22.0 Å². The van der Waals surface area contributed by atoms with E-state index in [1.807, 2.05) is 0 Å². The van der Waals surface area contributed by atoms with Crippen LogP contribution in [-0.2, 0) is 0 Å². The topological polar surface area (TPSA) is 88.9 Å². The van der Waals surface area contributed by atoms with Crippen LogP contribution in [0.15, 0.2) is 29.5 Å². The summed E-state index contributed by atoms with van der Waals surface area (Å²) in [5.41, 5.74) is -0.271. The minimum Gasteiger partial charge on any atom is -0.355 e. The second-order valence-electron chi connectivity index (χ2n) is 2.68. The summed E-state index contributed by atoms with van der Waals surface area (Å²) in [6, 6.07) is 1.30. The molecule has 0 atom stereocenters. The molecular weight excluding hydrogens is 186 g/mol. The van der Waals surface area contributed by atoms with Crippen molar-refractivity contribution in [3.63, 3.8) is 0 Å². The van der Waals surface area contributed by atoms with Gasteiger partial charge >= 0.3 is 5.69 Å². The Morgan fingerprint density at radius 3 is 2.93 bits per heavy atom. The Morgan fingerprint density at radius 2 is 2.21 bits per heavy atom. The summed E-state index contributed by atoms with van der Waals surface area (Å²) in [4.78, 5) is 27.6. The molecule has 2 aromatic rings. The van der Waals surface area contributed by atoms with Gasteiger partial charge in [0, 0.05) is 18.5 Å². The lowest BCUT2D eigenvalue weighted by Gasteiger charge is -1.96. The van der Waals surface area contributed by atoms with Gasteiger partial charge in [-0.2, -0.15) is 0 Å². The zero-order valence-corrected chi connectivity index (χ0v) is 6.93. The first kappa shape index (κ1) is 8.36. The van der Waals surface area contributed by atoms with Crippen molar-refractivity contribution < 1.29 is 4.92 Å². The Bertz CT molecular complexity index is 561. The van der Waals surface area contributed by atoms with Crippen LogP contribution in [0.4, 0.5) is 5.69 Å². The van der Waals surface area contributed by atoms with Crippen molar-refractivity contribution in [2.75, 3.05) is 0 Å². The molecule has 70 valence electrons. The minimum absolute atomic E-state index is 0.194. The summed E-state index contributed by atoms with van der Waals surface area (Å²) in [7, 11) is 0. The van der Waals surface area contributed by atoms with Crippen LogP contribution in [0.3, 0.4) is 0 Å². The molecule has 2 aromatic heterocycles. The number of pyridine rings is 2. The second-order valence-corrected chi connectivity index (χ2v) is 2.68. The van der Waals surface area contributed by atoms with Crippen LogP contribution < -0.4 is 5.43 Å². The average Bonchev–Trinajstić information content (AvgIpc) is 2.17. The Morgan fingerprint density at radius 1 is 1.43 bits per heavy atom. The summed E-state index contributed by atoms with van der Waals surface area (Å²) in [6.07, 6.45) is 3.79. The van der Waals surface area contributed by atoms with Gasteiger partial charge in [-0.05, 0) is 0 Å². The highest BCUT2D eigenvalue weighted by molar-refractivity contribution is 5.85. The molecule has 6 nitrogen and oxygen atoms in total. The number of nitrogens with one attached hydrogen (secondary N) is 1. The van der Waals surface area contributed by atoms with E-state index in [2.05, 4.69) is 9.97 Å². The Kier molecular flexibility index (Phi) is 1.74. The van der Waals surface area contributed by atoms with E-state index in [9.17, 15) is 14.9 Å². The first-order valence-electron chi connectivity index (χ1n) is 3.80. The van der Waals surface area contributed by atoms with Crippen LogP contribution >= 0.6 is 0 Å². The molecule has 0 aliphatic carbocycles. The highest BCUT2D eigenvalue weighted by atomic mass is 16.6. The van der Waals surface area contributed by atoms with Crippen molar-refractivity contribution in [3.8, 4) is 0 Å². The van der Waals surface area contributed by atoms with Crippen molar-refractivity contribution in [1.29, 1.82) is 0 Å². The van der Waals surface area contributed by atoms with Crippen LogP contribution in [0.5, 0.6) is 0 Å². The standard InChI is InChI=1S/C8H5N3O3/c12-7-1-2-10-8-5(7)3-9-4-6(8)11(13)14/h1-4H,(H,10,12). The van der Waals surface area contributed by atoms with Crippen molar-refractivity contribution in [3.05, 3.63) is 45.0 Å². The van der Waals surface area contributed by atoms with Gasteiger partial charge in [0.1, 0.15) is 11.7 Å². The lowest BCUT2D eigenvalue weighted by Crippen LogP contribution is -2.02. The largest absolute Gasteiger partial charge is 0.355 e. The van der Waals surface area contributed by atoms with Gasteiger partial charge in [0.25, 0.3) is 0 Å². The van der Waals surface area contributed by atoms with E-state index in [1.54, 1.807) is 0 Å². The smallest absolute Gasteiger partial charge is 0.311 e. The molecule has 0 radical (unpaired) electrons. The third-order valence-electron chi connectivity index (χ3n) is 1.85. The van der Waals surface area contributed by atoms with Crippen molar-refractivity contribution in [2.45, 2.75) is 0 Å². The predicted molar refractivity (Wildman–Crippen MR) is 49.0 cm³/mol. The molecule has 0 fully saturated rings. The highest BCUT2D eigenvalue weighted by Crippen LogP contribution is 2.18. The van der Waals surface area contributed by atoms with Gasteiger partial charge in [0.05, 0.1) is 10.3 Å². The molecular formula is C8H5N3O3. The van der Waals surface area contributed by atoms with Crippen LogP contribution in [0.1, 0.15) is 0 Å². The van der Waals surface area contributed by atoms with Gasteiger partial charge in [-0.1, -0.05) is 0 Å². The first-order chi connectivity index (χ1) is 6.70. The Labute approximate surface area is 77.4 Å². The number of nitrogens with zero attached hydrogens (tertiary/aromatic N) is 2. The van der Waals surface area contributed by atoms with E-state index >= 15 is 0 Å². The molecule has 6 heteroatoms. The summed E-state index contributed by atoms with van der Waals surface area (Å²) in [6.45, 7) is 0. The molecule has 1 N–H and O–H groups in total. The maximum Gasteiger partial charge on any atom is 0.311 e. The van der Waals surface area contributed by atoms with Crippen LogP contribution in [0.25, 0.3) is 10.9 Å². The molecule has 2 rings (SSSR count). The fraction of sp³-hybridized carbons (Fsp3) is 0. The molecule has 14 heavy (non-hydrogen) atoms. The third-order valence-corrected chi connectivity index (χ3v) is 1.85. The molecule has 0 aromatic carbocycles. The second kappa shape index (κ2) is 2.91. The summed E-state index contributed by atoms with van der Waals surface area (Å²) in [5.74, 6) is 0. The maximum atomic E-state index is 11.3.